The molecule has 27 heavy (non-hydrogen) atoms. The molecule has 0 radical (unpaired) electrons. The van der Waals surface area contributed by atoms with Gasteiger partial charge < -0.3 is 15.6 Å². The molecule has 0 aliphatic rings. The van der Waals surface area contributed by atoms with Crippen LogP contribution < -0.4 is 5.73 Å². The number of pyridine rings is 1. The van der Waals surface area contributed by atoms with Gasteiger partial charge in [-0.2, -0.15) is 5.10 Å². The molecule has 0 bridgehead atoms. The lowest BCUT2D eigenvalue weighted by atomic mass is 10.1. The van der Waals surface area contributed by atoms with Gasteiger partial charge in [0.1, 0.15) is 11.4 Å². The largest absolute Gasteiger partial charge is 0.508 e. The molecule has 0 fully saturated rings. The first-order valence-corrected chi connectivity index (χ1v) is 8.83. The van der Waals surface area contributed by atoms with Gasteiger partial charge in [0.05, 0.1) is 18.0 Å². The molecule has 0 saturated carbocycles. The van der Waals surface area contributed by atoms with Gasteiger partial charge in [-0.15, -0.1) is 0 Å². The van der Waals surface area contributed by atoms with Crippen molar-refractivity contribution in [2.45, 2.75) is 19.9 Å². The molecule has 0 unspecified atom stereocenters. The van der Waals surface area contributed by atoms with Crippen LogP contribution in [0, 0.1) is 0 Å². The minimum Gasteiger partial charge on any atom is -0.508 e. The van der Waals surface area contributed by atoms with Gasteiger partial charge in [-0.25, -0.2) is 4.79 Å². The van der Waals surface area contributed by atoms with Crippen molar-refractivity contribution in [3.63, 3.8) is 0 Å². The number of nitrogens with two attached hydrogens (primary N) is 1. The normalized spacial score (nSPS) is 10.7. The molecule has 3 aromatic rings. The van der Waals surface area contributed by atoms with E-state index in [-0.39, 0.29) is 5.75 Å². The summed E-state index contributed by atoms with van der Waals surface area (Å²) in [5.41, 5.74) is 9.13. The standard InChI is InChI=1S/C20H22N4O3/c1-2-27-20(26)19-13-18(23-24(19)11-3-9-21)15-8-10-22-17(12-15)14-4-6-16(25)7-5-14/h4-8,10,12-13,25H,2-3,9,11,21H2,1H3. The quantitative estimate of drug-likeness (QED) is 0.623. The Balaban J connectivity index is 1.97. The van der Waals surface area contributed by atoms with E-state index in [1.165, 1.54) is 0 Å². The van der Waals surface area contributed by atoms with E-state index in [1.54, 1.807) is 48.1 Å². The van der Waals surface area contributed by atoms with Crippen molar-refractivity contribution in [2.24, 2.45) is 5.73 Å². The number of hydrogen-bond acceptors (Lipinski definition) is 6. The maximum atomic E-state index is 12.2. The first-order valence-electron chi connectivity index (χ1n) is 8.83. The summed E-state index contributed by atoms with van der Waals surface area (Å²) in [5.74, 6) is -0.200. The van der Waals surface area contributed by atoms with Gasteiger partial charge in [0.25, 0.3) is 0 Å². The molecule has 2 aromatic heterocycles. The Bertz CT molecular complexity index is 919. The zero-order valence-corrected chi connectivity index (χ0v) is 15.1. The second-order valence-electron chi connectivity index (χ2n) is 5.98. The number of aromatic nitrogens is 3. The average molecular weight is 366 g/mol. The summed E-state index contributed by atoms with van der Waals surface area (Å²) in [5, 5.41) is 14.0. The number of esters is 1. The van der Waals surface area contributed by atoms with Crippen LogP contribution in [0.15, 0.2) is 48.7 Å². The van der Waals surface area contributed by atoms with Crippen molar-refractivity contribution in [2.75, 3.05) is 13.2 Å². The van der Waals surface area contributed by atoms with Crippen LogP contribution in [0.2, 0.25) is 0 Å². The van der Waals surface area contributed by atoms with Gasteiger partial charge in [-0.3, -0.25) is 9.67 Å². The van der Waals surface area contributed by atoms with E-state index in [1.807, 2.05) is 12.1 Å². The predicted octanol–water partition coefficient (Wildman–Crippen LogP) is 2.84. The average Bonchev–Trinajstić information content (AvgIpc) is 3.11. The number of ether oxygens (including phenoxy) is 1. The van der Waals surface area contributed by atoms with Crippen LogP contribution in [-0.4, -0.2) is 39.0 Å². The number of phenolic OH excluding ortho intramolecular Hbond substituents is 1. The molecule has 0 spiro atoms. The summed E-state index contributed by atoms with van der Waals surface area (Å²) in [6.45, 7) is 3.13. The maximum Gasteiger partial charge on any atom is 0.356 e. The molecular weight excluding hydrogens is 344 g/mol. The molecule has 0 amide bonds. The van der Waals surface area contributed by atoms with Crippen molar-refractivity contribution in [1.29, 1.82) is 0 Å². The predicted molar refractivity (Wildman–Crippen MR) is 102 cm³/mol. The van der Waals surface area contributed by atoms with Crippen LogP contribution in [0.1, 0.15) is 23.8 Å². The Kier molecular flexibility index (Phi) is 5.83. The minimum atomic E-state index is -0.402. The molecule has 2 heterocycles. The van der Waals surface area contributed by atoms with Gasteiger partial charge in [0.2, 0.25) is 0 Å². The Morgan fingerprint density at radius 2 is 1.93 bits per heavy atom. The second-order valence-corrected chi connectivity index (χ2v) is 5.98. The van der Waals surface area contributed by atoms with E-state index in [0.29, 0.717) is 37.5 Å². The number of hydrogen-bond donors (Lipinski definition) is 2. The summed E-state index contributed by atoms with van der Waals surface area (Å²) in [4.78, 5) is 16.6. The topological polar surface area (TPSA) is 103 Å². The third kappa shape index (κ3) is 4.32. The van der Waals surface area contributed by atoms with E-state index in [9.17, 15) is 9.90 Å². The van der Waals surface area contributed by atoms with E-state index in [4.69, 9.17) is 10.5 Å². The van der Waals surface area contributed by atoms with Gasteiger partial charge in [-0.1, -0.05) is 0 Å². The number of carbonyl (C=O) groups is 1. The van der Waals surface area contributed by atoms with Crippen LogP contribution in [0.4, 0.5) is 0 Å². The lowest BCUT2D eigenvalue weighted by molar-refractivity contribution is 0.0511. The molecule has 0 aliphatic heterocycles. The number of rotatable bonds is 7. The second kappa shape index (κ2) is 8.46. The molecule has 140 valence electrons. The monoisotopic (exact) mass is 366 g/mol. The molecule has 0 atom stereocenters. The summed E-state index contributed by atoms with van der Waals surface area (Å²) in [6, 6.07) is 12.3. The van der Waals surface area contributed by atoms with Crippen LogP contribution in [-0.2, 0) is 11.3 Å². The van der Waals surface area contributed by atoms with E-state index in [0.717, 1.165) is 16.8 Å². The number of phenols is 1. The van der Waals surface area contributed by atoms with E-state index >= 15 is 0 Å². The lowest BCUT2D eigenvalue weighted by Crippen LogP contribution is -2.15. The molecule has 3 N–H and O–H groups in total. The zero-order valence-electron chi connectivity index (χ0n) is 15.1. The molecule has 0 aliphatic carbocycles. The lowest BCUT2D eigenvalue weighted by Gasteiger charge is -2.05. The Morgan fingerprint density at radius 1 is 1.15 bits per heavy atom. The molecule has 1 aromatic carbocycles. The summed E-state index contributed by atoms with van der Waals surface area (Å²) in [7, 11) is 0. The van der Waals surface area contributed by atoms with Gasteiger partial charge in [0, 0.05) is 23.9 Å². The van der Waals surface area contributed by atoms with Crippen LogP contribution in [0.25, 0.3) is 22.5 Å². The van der Waals surface area contributed by atoms with Crippen molar-refractivity contribution < 1.29 is 14.6 Å². The highest BCUT2D eigenvalue weighted by Gasteiger charge is 2.17. The van der Waals surface area contributed by atoms with Gasteiger partial charge >= 0.3 is 5.97 Å². The van der Waals surface area contributed by atoms with Crippen molar-refractivity contribution in [1.82, 2.24) is 14.8 Å². The third-order valence-electron chi connectivity index (χ3n) is 4.06. The fourth-order valence-electron chi connectivity index (χ4n) is 2.72. The third-order valence-corrected chi connectivity index (χ3v) is 4.06. The van der Waals surface area contributed by atoms with Crippen molar-refractivity contribution in [3.8, 4) is 28.3 Å². The van der Waals surface area contributed by atoms with Crippen LogP contribution >= 0.6 is 0 Å². The Hall–Kier alpha value is -3.19. The molecule has 7 nitrogen and oxygen atoms in total. The summed E-state index contributed by atoms with van der Waals surface area (Å²) < 4.78 is 6.77. The molecule has 0 saturated heterocycles. The SMILES string of the molecule is CCOC(=O)c1cc(-c2ccnc(-c3ccc(O)cc3)c2)nn1CCCN. The fourth-order valence-corrected chi connectivity index (χ4v) is 2.72. The summed E-state index contributed by atoms with van der Waals surface area (Å²) in [6.07, 6.45) is 2.41. The van der Waals surface area contributed by atoms with Crippen molar-refractivity contribution >= 4 is 5.97 Å². The smallest absolute Gasteiger partial charge is 0.356 e. The highest BCUT2D eigenvalue weighted by atomic mass is 16.5. The first kappa shape index (κ1) is 18.6. The summed E-state index contributed by atoms with van der Waals surface area (Å²) >= 11 is 0. The Labute approximate surface area is 157 Å². The first-order chi connectivity index (χ1) is 13.1. The van der Waals surface area contributed by atoms with Gasteiger partial charge in [-0.05, 0) is 62.4 Å². The number of benzene rings is 1. The fraction of sp³-hybridized carbons (Fsp3) is 0.250. The van der Waals surface area contributed by atoms with Crippen molar-refractivity contribution in [3.05, 3.63) is 54.4 Å². The number of aromatic hydroxyl groups is 1. The number of nitrogens with zero attached hydrogens (tertiary/aromatic N) is 3. The zero-order chi connectivity index (χ0) is 19.2. The number of aryl methyl sites for hydroxylation is 1. The Morgan fingerprint density at radius 3 is 2.63 bits per heavy atom. The molecule has 7 heteroatoms. The molecular formula is C20H22N4O3. The minimum absolute atomic E-state index is 0.202. The van der Waals surface area contributed by atoms with Gasteiger partial charge in [0.15, 0.2) is 0 Å². The van der Waals surface area contributed by atoms with E-state index in [2.05, 4.69) is 10.1 Å². The van der Waals surface area contributed by atoms with E-state index < -0.39 is 5.97 Å². The van der Waals surface area contributed by atoms with Crippen LogP contribution in [0.5, 0.6) is 5.75 Å². The number of carbonyl (C=O) groups excluding carboxylic acids is 1. The molecule has 3 rings (SSSR count). The maximum absolute atomic E-state index is 12.2. The van der Waals surface area contributed by atoms with Crippen LogP contribution in [0.3, 0.4) is 0 Å². The highest BCUT2D eigenvalue weighted by molar-refractivity contribution is 5.89. The highest BCUT2D eigenvalue weighted by Crippen LogP contribution is 2.26.